The third-order valence-electron chi connectivity index (χ3n) is 3.84. The number of nitrogens with one attached hydrogen (secondary N) is 1. The Morgan fingerprint density at radius 2 is 1.96 bits per heavy atom. The van der Waals surface area contributed by atoms with Crippen LogP contribution in [0.15, 0.2) is 53.6 Å². The van der Waals surface area contributed by atoms with Gasteiger partial charge < -0.3 is 4.90 Å². The summed E-state index contributed by atoms with van der Waals surface area (Å²) in [6.45, 7) is 1.42. The van der Waals surface area contributed by atoms with E-state index in [0.717, 1.165) is 37.3 Å². The number of benzene rings is 1. The molecule has 1 N–H and O–H groups in total. The molecule has 0 spiro atoms. The molecule has 0 bridgehead atoms. The molecule has 0 radical (unpaired) electrons. The zero-order valence-corrected chi connectivity index (χ0v) is 13.3. The molecule has 7 heteroatoms. The lowest BCUT2D eigenvalue weighted by Crippen LogP contribution is -2.47. The van der Waals surface area contributed by atoms with Crippen molar-refractivity contribution in [2.75, 3.05) is 18.0 Å². The predicted octanol–water partition coefficient (Wildman–Crippen LogP) is 2.17. The molecular weight excluding hydrogens is 317 g/mol. The number of piperidine rings is 1. The fourth-order valence-electron chi connectivity index (χ4n) is 2.72. The number of rotatable bonds is 4. The monoisotopic (exact) mass is 335 g/mol. The molecule has 0 unspecified atom stereocenters. The van der Waals surface area contributed by atoms with Gasteiger partial charge in [0.25, 0.3) is 0 Å². The van der Waals surface area contributed by atoms with Gasteiger partial charge >= 0.3 is 0 Å². The van der Waals surface area contributed by atoms with Crippen molar-refractivity contribution in [3.8, 4) is 0 Å². The van der Waals surface area contributed by atoms with Gasteiger partial charge in [-0.05, 0) is 49.2 Å². The first-order valence-corrected chi connectivity index (χ1v) is 8.97. The quantitative estimate of drug-likeness (QED) is 0.930. The molecule has 1 fully saturated rings. The van der Waals surface area contributed by atoms with Crippen LogP contribution >= 0.6 is 0 Å². The van der Waals surface area contributed by atoms with Crippen LogP contribution in [0.2, 0.25) is 0 Å². The van der Waals surface area contributed by atoms with Crippen molar-refractivity contribution in [1.29, 1.82) is 0 Å². The number of sulfonamides is 1. The van der Waals surface area contributed by atoms with Crippen molar-refractivity contribution in [2.45, 2.75) is 23.8 Å². The van der Waals surface area contributed by atoms with Gasteiger partial charge in [0, 0.05) is 25.3 Å². The molecule has 0 amide bonds. The van der Waals surface area contributed by atoms with Gasteiger partial charge in [-0.1, -0.05) is 6.07 Å². The zero-order valence-electron chi connectivity index (χ0n) is 12.5. The number of pyridine rings is 1. The summed E-state index contributed by atoms with van der Waals surface area (Å²) in [6.07, 6.45) is 3.37. The lowest BCUT2D eigenvalue weighted by molar-refractivity contribution is 0.464. The Morgan fingerprint density at radius 1 is 1.17 bits per heavy atom. The van der Waals surface area contributed by atoms with Crippen LogP contribution in [0.5, 0.6) is 0 Å². The van der Waals surface area contributed by atoms with Gasteiger partial charge in [-0.15, -0.1) is 0 Å². The topological polar surface area (TPSA) is 62.3 Å². The summed E-state index contributed by atoms with van der Waals surface area (Å²) in [5.74, 6) is 0.390. The summed E-state index contributed by atoms with van der Waals surface area (Å²) in [6, 6.07) is 10.3. The number of aromatic nitrogens is 1. The molecule has 2 aromatic rings. The minimum absolute atomic E-state index is 0.0776. The van der Waals surface area contributed by atoms with Gasteiger partial charge in [0.1, 0.15) is 11.6 Å². The van der Waals surface area contributed by atoms with E-state index in [1.807, 2.05) is 18.2 Å². The number of hydrogen-bond donors (Lipinski definition) is 1. The van der Waals surface area contributed by atoms with Crippen molar-refractivity contribution < 1.29 is 12.8 Å². The molecule has 1 aromatic heterocycles. The smallest absolute Gasteiger partial charge is 0.240 e. The van der Waals surface area contributed by atoms with E-state index in [2.05, 4.69) is 14.6 Å². The molecule has 23 heavy (non-hydrogen) atoms. The fourth-order valence-corrected chi connectivity index (χ4v) is 3.99. The van der Waals surface area contributed by atoms with E-state index >= 15 is 0 Å². The number of halogens is 1. The summed E-state index contributed by atoms with van der Waals surface area (Å²) in [5.41, 5.74) is 0. The highest BCUT2D eigenvalue weighted by Gasteiger charge is 2.25. The van der Waals surface area contributed by atoms with Gasteiger partial charge in [-0.2, -0.15) is 0 Å². The van der Waals surface area contributed by atoms with Crippen LogP contribution in [0.25, 0.3) is 0 Å². The van der Waals surface area contributed by atoms with E-state index in [9.17, 15) is 12.8 Å². The minimum atomic E-state index is -3.65. The van der Waals surface area contributed by atoms with E-state index in [1.54, 1.807) is 6.20 Å². The van der Waals surface area contributed by atoms with E-state index < -0.39 is 15.8 Å². The Balaban J connectivity index is 1.71. The van der Waals surface area contributed by atoms with Crippen LogP contribution in [0.4, 0.5) is 10.2 Å². The average Bonchev–Trinajstić information content (AvgIpc) is 2.56. The molecule has 5 nitrogen and oxygen atoms in total. The van der Waals surface area contributed by atoms with Crippen molar-refractivity contribution in [3.63, 3.8) is 0 Å². The van der Waals surface area contributed by atoms with Gasteiger partial charge in [0.15, 0.2) is 0 Å². The maximum Gasteiger partial charge on any atom is 0.240 e. The van der Waals surface area contributed by atoms with Crippen LogP contribution in [0.1, 0.15) is 12.8 Å². The van der Waals surface area contributed by atoms with Gasteiger partial charge in [0.05, 0.1) is 4.90 Å². The Kier molecular flexibility index (Phi) is 4.58. The lowest BCUT2D eigenvalue weighted by atomic mass is 10.1. The second-order valence-corrected chi connectivity index (χ2v) is 7.26. The molecule has 1 aromatic carbocycles. The summed E-state index contributed by atoms with van der Waals surface area (Å²) >= 11 is 0. The zero-order chi connectivity index (χ0) is 16.3. The summed E-state index contributed by atoms with van der Waals surface area (Å²) in [5, 5.41) is 0. The third kappa shape index (κ3) is 3.86. The van der Waals surface area contributed by atoms with Gasteiger partial charge in [0.2, 0.25) is 10.0 Å². The first-order chi connectivity index (χ1) is 11.0. The fraction of sp³-hybridized carbons (Fsp3) is 0.312. The summed E-state index contributed by atoms with van der Waals surface area (Å²) < 4.78 is 40.4. The highest BCUT2D eigenvalue weighted by Crippen LogP contribution is 2.19. The molecule has 1 aliphatic rings. The Labute approximate surface area is 135 Å². The highest BCUT2D eigenvalue weighted by molar-refractivity contribution is 7.89. The van der Waals surface area contributed by atoms with Crippen molar-refractivity contribution in [3.05, 3.63) is 54.5 Å². The van der Waals surface area contributed by atoms with Crippen LogP contribution in [0, 0.1) is 5.82 Å². The molecular formula is C16H18FN3O2S. The highest BCUT2D eigenvalue weighted by atomic mass is 32.2. The number of anilines is 1. The first-order valence-electron chi connectivity index (χ1n) is 7.48. The number of nitrogens with zero attached hydrogens (tertiary/aromatic N) is 2. The average molecular weight is 335 g/mol. The summed E-state index contributed by atoms with van der Waals surface area (Å²) in [7, 11) is -3.65. The molecule has 2 heterocycles. The van der Waals surface area contributed by atoms with Crippen LogP contribution in [-0.2, 0) is 10.0 Å². The minimum Gasteiger partial charge on any atom is -0.355 e. The molecule has 122 valence electrons. The van der Waals surface area contributed by atoms with Crippen molar-refractivity contribution in [2.24, 2.45) is 0 Å². The van der Waals surface area contributed by atoms with Gasteiger partial charge in [-0.25, -0.2) is 22.5 Å². The van der Waals surface area contributed by atoms with Crippen LogP contribution < -0.4 is 9.62 Å². The van der Waals surface area contributed by atoms with Crippen molar-refractivity contribution in [1.82, 2.24) is 9.71 Å². The Hall–Kier alpha value is -1.99. The normalized spacial score (nSPS) is 18.8. The third-order valence-corrected chi connectivity index (χ3v) is 5.38. The Bertz CT molecular complexity index is 751. The van der Waals surface area contributed by atoms with E-state index in [1.165, 1.54) is 12.1 Å². The Morgan fingerprint density at radius 3 is 2.65 bits per heavy atom. The summed E-state index contributed by atoms with van der Waals surface area (Å²) in [4.78, 5) is 6.46. The SMILES string of the molecule is O=S(=O)(N[C@@H]1CCCN(c2ccccn2)C1)c1ccc(F)cc1. The second-order valence-electron chi connectivity index (χ2n) is 5.55. The maximum absolute atomic E-state index is 12.9. The molecule has 0 saturated carbocycles. The number of hydrogen-bond acceptors (Lipinski definition) is 4. The molecule has 3 rings (SSSR count). The predicted molar refractivity (Wildman–Crippen MR) is 86.2 cm³/mol. The molecule has 1 saturated heterocycles. The molecule has 0 aliphatic carbocycles. The van der Waals surface area contributed by atoms with E-state index in [0.29, 0.717) is 6.54 Å². The van der Waals surface area contributed by atoms with E-state index in [-0.39, 0.29) is 10.9 Å². The maximum atomic E-state index is 12.9. The molecule has 1 aliphatic heterocycles. The molecule has 1 atom stereocenters. The first kappa shape index (κ1) is 15.9. The van der Waals surface area contributed by atoms with Crippen molar-refractivity contribution >= 4 is 15.8 Å². The largest absolute Gasteiger partial charge is 0.355 e. The lowest BCUT2D eigenvalue weighted by Gasteiger charge is -2.33. The van der Waals surface area contributed by atoms with Gasteiger partial charge in [-0.3, -0.25) is 0 Å². The standard InChI is InChI=1S/C16H18FN3O2S/c17-13-6-8-15(9-7-13)23(21,22)19-14-4-3-11-20(12-14)16-5-1-2-10-18-16/h1-2,5-10,14,19H,3-4,11-12H2/t14-/m1/s1. The second kappa shape index (κ2) is 6.64. The van der Waals surface area contributed by atoms with Crippen LogP contribution in [-0.4, -0.2) is 32.5 Å². The van der Waals surface area contributed by atoms with E-state index in [4.69, 9.17) is 0 Å². The van der Waals surface area contributed by atoms with Crippen LogP contribution in [0.3, 0.4) is 0 Å².